The van der Waals surface area contributed by atoms with Crippen LogP contribution in [0.2, 0.25) is 0 Å². The van der Waals surface area contributed by atoms with Crippen molar-refractivity contribution in [1.82, 2.24) is 0 Å². The zero-order valence-electron chi connectivity index (χ0n) is 11.9. The summed E-state index contributed by atoms with van der Waals surface area (Å²) in [6, 6.07) is 12.4. The van der Waals surface area contributed by atoms with Gasteiger partial charge < -0.3 is 4.74 Å². The van der Waals surface area contributed by atoms with E-state index in [1.165, 1.54) is 0 Å². The molecule has 0 spiro atoms. The van der Waals surface area contributed by atoms with E-state index in [1.54, 1.807) is 36.4 Å². The second-order valence-corrected chi connectivity index (χ2v) is 5.80. The fourth-order valence-corrected chi connectivity index (χ4v) is 2.29. The smallest absolute Gasteiger partial charge is 0.338 e. The van der Waals surface area contributed by atoms with Crippen LogP contribution in [-0.2, 0) is 4.74 Å². The van der Waals surface area contributed by atoms with Crippen LogP contribution in [0.4, 0.5) is 0 Å². The minimum atomic E-state index is -0.479. The van der Waals surface area contributed by atoms with Gasteiger partial charge in [-0.05, 0) is 38.1 Å². The molecular formula is C17H15BrO3. The van der Waals surface area contributed by atoms with Crippen LogP contribution in [0.15, 0.2) is 46.9 Å². The highest BCUT2D eigenvalue weighted by molar-refractivity contribution is 9.10. The van der Waals surface area contributed by atoms with E-state index in [2.05, 4.69) is 15.9 Å². The predicted molar refractivity (Wildman–Crippen MR) is 84.7 cm³/mol. The normalized spacial score (nSPS) is 10.2. The fourth-order valence-electron chi connectivity index (χ4n) is 2.03. The van der Waals surface area contributed by atoms with E-state index < -0.39 is 5.97 Å². The summed E-state index contributed by atoms with van der Waals surface area (Å²) >= 11 is 3.30. The maximum absolute atomic E-state index is 12.0. The van der Waals surface area contributed by atoms with Crippen LogP contribution < -0.4 is 0 Å². The predicted octanol–water partition coefficient (Wildman–Crippen LogP) is 4.11. The molecule has 0 heterocycles. The molecule has 0 saturated carbocycles. The average molecular weight is 347 g/mol. The number of hydrogen-bond acceptors (Lipinski definition) is 3. The van der Waals surface area contributed by atoms with Gasteiger partial charge >= 0.3 is 5.97 Å². The van der Waals surface area contributed by atoms with Crippen LogP contribution in [0, 0.1) is 13.8 Å². The summed E-state index contributed by atoms with van der Waals surface area (Å²) in [4.78, 5) is 23.9. The molecule has 0 aromatic heterocycles. The van der Waals surface area contributed by atoms with Crippen LogP contribution in [0.3, 0.4) is 0 Å². The van der Waals surface area contributed by atoms with Gasteiger partial charge in [-0.3, -0.25) is 4.79 Å². The minimum Gasteiger partial charge on any atom is -0.454 e. The third-order valence-electron chi connectivity index (χ3n) is 2.96. The molecule has 0 aliphatic heterocycles. The number of carbonyl (C=O) groups is 2. The number of halogens is 1. The Morgan fingerprint density at radius 2 is 1.52 bits per heavy atom. The topological polar surface area (TPSA) is 43.4 Å². The highest BCUT2D eigenvalue weighted by Gasteiger charge is 2.12. The standard InChI is InChI=1S/C17H15BrO3/c1-11-7-12(2)9-14(8-11)17(20)21-10-16(19)13-3-5-15(18)6-4-13/h3-9H,10H2,1-2H3. The van der Waals surface area contributed by atoms with Crippen molar-refractivity contribution in [2.24, 2.45) is 0 Å². The van der Waals surface area contributed by atoms with E-state index >= 15 is 0 Å². The van der Waals surface area contributed by atoms with Crippen LogP contribution in [0.25, 0.3) is 0 Å². The van der Waals surface area contributed by atoms with Crippen molar-refractivity contribution < 1.29 is 14.3 Å². The van der Waals surface area contributed by atoms with E-state index in [1.807, 2.05) is 19.9 Å². The van der Waals surface area contributed by atoms with Gasteiger partial charge in [0, 0.05) is 10.0 Å². The van der Waals surface area contributed by atoms with Crippen LogP contribution in [0.1, 0.15) is 31.8 Å². The third-order valence-corrected chi connectivity index (χ3v) is 3.49. The Kier molecular flexibility index (Phi) is 4.91. The van der Waals surface area contributed by atoms with Crippen LogP contribution in [-0.4, -0.2) is 18.4 Å². The van der Waals surface area contributed by atoms with E-state index in [0.29, 0.717) is 11.1 Å². The lowest BCUT2D eigenvalue weighted by molar-refractivity contribution is 0.0474. The zero-order valence-corrected chi connectivity index (χ0v) is 13.4. The summed E-state index contributed by atoms with van der Waals surface area (Å²) < 4.78 is 5.98. The molecule has 2 aromatic carbocycles. The average Bonchev–Trinajstić information content (AvgIpc) is 2.44. The lowest BCUT2D eigenvalue weighted by atomic mass is 10.1. The number of ether oxygens (including phenoxy) is 1. The number of carbonyl (C=O) groups excluding carboxylic acids is 2. The van der Waals surface area contributed by atoms with Crippen molar-refractivity contribution in [3.05, 3.63) is 69.2 Å². The molecule has 2 aromatic rings. The summed E-state index contributed by atoms with van der Waals surface area (Å²) in [5.41, 5.74) is 2.96. The first-order chi connectivity index (χ1) is 9.95. The van der Waals surface area contributed by atoms with Crippen molar-refractivity contribution in [1.29, 1.82) is 0 Å². The Morgan fingerprint density at radius 1 is 0.952 bits per heavy atom. The van der Waals surface area contributed by atoms with E-state index in [0.717, 1.165) is 15.6 Å². The molecule has 4 heteroatoms. The van der Waals surface area contributed by atoms with Gasteiger partial charge in [-0.25, -0.2) is 4.79 Å². The summed E-state index contributed by atoms with van der Waals surface area (Å²) in [5.74, 6) is -0.701. The maximum Gasteiger partial charge on any atom is 0.338 e. The number of benzene rings is 2. The molecule has 108 valence electrons. The van der Waals surface area contributed by atoms with Gasteiger partial charge in [-0.2, -0.15) is 0 Å². The van der Waals surface area contributed by atoms with Gasteiger partial charge in [0.15, 0.2) is 12.4 Å². The van der Waals surface area contributed by atoms with Gasteiger partial charge in [0.2, 0.25) is 0 Å². The Labute approximate surface area is 132 Å². The molecule has 0 bridgehead atoms. The quantitative estimate of drug-likeness (QED) is 0.618. The summed E-state index contributed by atoms with van der Waals surface area (Å²) in [6.45, 7) is 3.57. The fraction of sp³-hybridized carbons (Fsp3) is 0.176. The van der Waals surface area contributed by atoms with Crippen molar-refractivity contribution in [3.8, 4) is 0 Å². The molecule has 0 N–H and O–H groups in total. The number of aryl methyl sites for hydroxylation is 2. The van der Waals surface area contributed by atoms with Gasteiger partial charge in [-0.15, -0.1) is 0 Å². The third kappa shape index (κ3) is 4.26. The molecule has 3 nitrogen and oxygen atoms in total. The summed E-state index contributed by atoms with van der Waals surface area (Å²) in [5, 5.41) is 0. The number of Topliss-reactive ketones (excluding diaryl/α,β-unsaturated/α-hetero) is 1. The number of esters is 1. The number of rotatable bonds is 4. The first-order valence-corrected chi connectivity index (χ1v) is 7.29. The van der Waals surface area contributed by atoms with Crippen LogP contribution >= 0.6 is 15.9 Å². The van der Waals surface area contributed by atoms with Gasteiger partial charge in [-0.1, -0.05) is 45.3 Å². The summed E-state index contributed by atoms with van der Waals surface area (Å²) in [6.07, 6.45) is 0. The number of ketones is 1. The SMILES string of the molecule is Cc1cc(C)cc(C(=O)OCC(=O)c2ccc(Br)cc2)c1. The molecular weight excluding hydrogens is 332 g/mol. The van der Waals surface area contributed by atoms with Gasteiger partial charge in [0.25, 0.3) is 0 Å². The highest BCUT2D eigenvalue weighted by atomic mass is 79.9. The van der Waals surface area contributed by atoms with Crippen molar-refractivity contribution >= 4 is 27.7 Å². The first-order valence-electron chi connectivity index (χ1n) is 6.50. The molecule has 0 radical (unpaired) electrons. The van der Waals surface area contributed by atoms with Gasteiger partial charge in [0.05, 0.1) is 5.56 Å². The first kappa shape index (κ1) is 15.4. The Morgan fingerprint density at radius 3 is 2.10 bits per heavy atom. The second kappa shape index (κ2) is 6.68. The molecule has 0 amide bonds. The number of hydrogen-bond donors (Lipinski definition) is 0. The monoisotopic (exact) mass is 346 g/mol. The molecule has 0 aliphatic carbocycles. The molecule has 0 fully saturated rings. The van der Waals surface area contributed by atoms with Gasteiger partial charge in [0.1, 0.15) is 0 Å². The van der Waals surface area contributed by atoms with E-state index in [4.69, 9.17) is 4.74 Å². The molecule has 0 aliphatic rings. The maximum atomic E-state index is 12.0. The minimum absolute atomic E-state index is 0.222. The highest BCUT2D eigenvalue weighted by Crippen LogP contribution is 2.12. The van der Waals surface area contributed by atoms with E-state index in [9.17, 15) is 9.59 Å². The molecule has 0 unspecified atom stereocenters. The molecule has 2 rings (SSSR count). The van der Waals surface area contributed by atoms with Crippen molar-refractivity contribution in [2.45, 2.75) is 13.8 Å². The largest absolute Gasteiger partial charge is 0.454 e. The van der Waals surface area contributed by atoms with E-state index in [-0.39, 0.29) is 12.4 Å². The molecule has 21 heavy (non-hydrogen) atoms. The Balaban J connectivity index is 2.00. The molecule has 0 atom stereocenters. The second-order valence-electron chi connectivity index (χ2n) is 4.88. The van der Waals surface area contributed by atoms with Crippen molar-refractivity contribution in [2.75, 3.05) is 6.61 Å². The lowest BCUT2D eigenvalue weighted by Gasteiger charge is -2.06. The Hall–Kier alpha value is -1.94. The molecule has 0 saturated heterocycles. The van der Waals surface area contributed by atoms with Crippen molar-refractivity contribution in [3.63, 3.8) is 0 Å². The zero-order chi connectivity index (χ0) is 15.4. The Bertz CT molecular complexity index is 655. The van der Waals surface area contributed by atoms with Crippen LogP contribution in [0.5, 0.6) is 0 Å². The lowest BCUT2D eigenvalue weighted by Crippen LogP contribution is -2.14. The summed E-state index contributed by atoms with van der Waals surface area (Å²) in [7, 11) is 0.